The number of carbonyl (C=O) groups excluding carboxylic acids is 1. The molecule has 1 saturated carbocycles. The molecule has 1 unspecified atom stereocenters. The Bertz CT molecular complexity index is 230. The summed E-state index contributed by atoms with van der Waals surface area (Å²) in [6.45, 7) is 5.28. The summed E-state index contributed by atoms with van der Waals surface area (Å²) in [7, 11) is 0. The van der Waals surface area contributed by atoms with Gasteiger partial charge in [0.05, 0.1) is 0 Å². The van der Waals surface area contributed by atoms with Crippen LogP contribution in [0.15, 0.2) is 0 Å². The fourth-order valence-corrected chi connectivity index (χ4v) is 2.38. The zero-order valence-electron chi connectivity index (χ0n) is 9.64. The van der Waals surface area contributed by atoms with Gasteiger partial charge in [-0.1, -0.05) is 13.3 Å². The average molecular weight is 210 g/mol. The summed E-state index contributed by atoms with van der Waals surface area (Å²) < 4.78 is 0. The Kier molecular flexibility index (Phi) is 3.29. The summed E-state index contributed by atoms with van der Waals surface area (Å²) in [6.07, 6.45) is 5.89. The molecule has 1 atom stereocenters. The number of hydrogen-bond donors (Lipinski definition) is 2. The fraction of sp³-hybridized carbons (Fsp3) is 0.917. The lowest BCUT2D eigenvalue weighted by atomic mass is 9.81. The van der Waals surface area contributed by atoms with Crippen molar-refractivity contribution in [2.75, 3.05) is 19.6 Å². The van der Waals surface area contributed by atoms with Crippen molar-refractivity contribution in [3.63, 3.8) is 0 Å². The summed E-state index contributed by atoms with van der Waals surface area (Å²) in [5, 5.41) is 6.52. The molecule has 86 valence electrons. The molecule has 1 amide bonds. The van der Waals surface area contributed by atoms with Gasteiger partial charge in [0.25, 0.3) is 0 Å². The topological polar surface area (TPSA) is 41.1 Å². The third-order valence-corrected chi connectivity index (χ3v) is 3.85. The summed E-state index contributed by atoms with van der Waals surface area (Å²) in [5.74, 6) is 0.609. The van der Waals surface area contributed by atoms with Crippen LogP contribution in [0.5, 0.6) is 0 Å². The molecule has 1 aliphatic heterocycles. The molecule has 1 aliphatic carbocycles. The van der Waals surface area contributed by atoms with Gasteiger partial charge in [0.2, 0.25) is 5.91 Å². The third-order valence-electron chi connectivity index (χ3n) is 3.85. The van der Waals surface area contributed by atoms with Crippen molar-refractivity contribution in [3.05, 3.63) is 0 Å². The number of carbonyl (C=O) groups is 1. The normalized spacial score (nSPS) is 32.1. The van der Waals surface area contributed by atoms with Crippen molar-refractivity contribution in [2.24, 2.45) is 11.3 Å². The quantitative estimate of drug-likeness (QED) is 0.737. The molecule has 0 spiro atoms. The Balaban J connectivity index is 1.73. The van der Waals surface area contributed by atoms with E-state index in [2.05, 4.69) is 17.6 Å². The van der Waals surface area contributed by atoms with E-state index in [0.29, 0.717) is 5.92 Å². The van der Waals surface area contributed by atoms with Crippen LogP contribution >= 0.6 is 0 Å². The zero-order chi connectivity index (χ0) is 10.7. The zero-order valence-corrected chi connectivity index (χ0v) is 9.64. The highest BCUT2D eigenvalue weighted by Crippen LogP contribution is 2.28. The molecule has 3 heteroatoms. The Morgan fingerprint density at radius 1 is 1.47 bits per heavy atom. The van der Waals surface area contributed by atoms with E-state index in [0.717, 1.165) is 32.5 Å². The Morgan fingerprint density at radius 2 is 2.27 bits per heavy atom. The van der Waals surface area contributed by atoms with E-state index >= 15 is 0 Å². The second-order valence-corrected chi connectivity index (χ2v) is 5.44. The largest absolute Gasteiger partial charge is 0.355 e. The Morgan fingerprint density at radius 3 is 2.80 bits per heavy atom. The van der Waals surface area contributed by atoms with Gasteiger partial charge in [-0.2, -0.15) is 0 Å². The van der Waals surface area contributed by atoms with E-state index < -0.39 is 0 Å². The first-order valence-electron chi connectivity index (χ1n) is 6.18. The van der Waals surface area contributed by atoms with E-state index in [1.54, 1.807) is 0 Å². The first-order chi connectivity index (χ1) is 7.20. The van der Waals surface area contributed by atoms with Gasteiger partial charge in [0, 0.05) is 19.0 Å². The van der Waals surface area contributed by atoms with E-state index in [-0.39, 0.29) is 11.3 Å². The Hall–Kier alpha value is -0.570. The highest BCUT2D eigenvalue weighted by Gasteiger charge is 2.30. The van der Waals surface area contributed by atoms with Gasteiger partial charge in [-0.25, -0.2) is 0 Å². The van der Waals surface area contributed by atoms with Crippen molar-refractivity contribution >= 4 is 5.91 Å². The van der Waals surface area contributed by atoms with Crippen LogP contribution in [0.1, 0.15) is 39.0 Å². The van der Waals surface area contributed by atoms with Crippen molar-refractivity contribution in [1.82, 2.24) is 10.6 Å². The van der Waals surface area contributed by atoms with Gasteiger partial charge >= 0.3 is 0 Å². The lowest BCUT2D eigenvalue weighted by Crippen LogP contribution is -2.47. The molecule has 2 fully saturated rings. The summed E-state index contributed by atoms with van der Waals surface area (Å²) >= 11 is 0. The summed E-state index contributed by atoms with van der Waals surface area (Å²) in [5.41, 5.74) is 0.275. The van der Waals surface area contributed by atoms with Gasteiger partial charge in [-0.3, -0.25) is 4.79 Å². The van der Waals surface area contributed by atoms with Gasteiger partial charge < -0.3 is 10.6 Å². The molecule has 0 aromatic rings. The monoisotopic (exact) mass is 210 g/mol. The standard InChI is InChI=1S/C12H22N2O/c1-12(6-3-7-13-8-12)9-14-11(15)10-4-2-5-10/h10,13H,2-9H2,1H3,(H,14,15). The van der Waals surface area contributed by atoms with E-state index in [1.165, 1.54) is 19.3 Å². The van der Waals surface area contributed by atoms with Crippen molar-refractivity contribution in [3.8, 4) is 0 Å². The molecule has 2 rings (SSSR count). The molecule has 1 heterocycles. The summed E-state index contributed by atoms with van der Waals surface area (Å²) in [4.78, 5) is 11.7. The van der Waals surface area contributed by atoms with Crippen LogP contribution < -0.4 is 10.6 Å². The molecular weight excluding hydrogens is 188 g/mol. The van der Waals surface area contributed by atoms with Crippen LogP contribution in [0.2, 0.25) is 0 Å². The lowest BCUT2D eigenvalue weighted by Gasteiger charge is -2.35. The van der Waals surface area contributed by atoms with E-state index in [9.17, 15) is 4.79 Å². The van der Waals surface area contributed by atoms with Crippen LogP contribution in [0, 0.1) is 11.3 Å². The highest BCUT2D eigenvalue weighted by atomic mass is 16.1. The van der Waals surface area contributed by atoms with Crippen molar-refractivity contribution < 1.29 is 4.79 Å². The predicted molar refractivity (Wildman–Crippen MR) is 60.6 cm³/mol. The first-order valence-corrected chi connectivity index (χ1v) is 6.18. The van der Waals surface area contributed by atoms with Gasteiger partial charge in [-0.15, -0.1) is 0 Å². The van der Waals surface area contributed by atoms with E-state index in [4.69, 9.17) is 0 Å². The maximum absolute atomic E-state index is 11.7. The second-order valence-electron chi connectivity index (χ2n) is 5.44. The molecule has 3 nitrogen and oxygen atoms in total. The molecule has 2 aliphatic rings. The molecule has 0 aromatic heterocycles. The van der Waals surface area contributed by atoms with E-state index in [1.807, 2.05) is 0 Å². The van der Waals surface area contributed by atoms with Crippen LogP contribution in [0.3, 0.4) is 0 Å². The minimum absolute atomic E-state index is 0.275. The lowest BCUT2D eigenvalue weighted by molar-refractivity contribution is -0.127. The van der Waals surface area contributed by atoms with Crippen LogP contribution in [-0.4, -0.2) is 25.5 Å². The van der Waals surface area contributed by atoms with Crippen molar-refractivity contribution in [2.45, 2.75) is 39.0 Å². The van der Waals surface area contributed by atoms with Gasteiger partial charge in [-0.05, 0) is 37.6 Å². The van der Waals surface area contributed by atoms with Gasteiger partial charge in [0.15, 0.2) is 0 Å². The average Bonchev–Trinajstić information content (AvgIpc) is 2.14. The molecule has 2 N–H and O–H groups in total. The second kappa shape index (κ2) is 4.52. The van der Waals surface area contributed by atoms with Crippen LogP contribution in [-0.2, 0) is 4.79 Å². The van der Waals surface area contributed by atoms with Crippen molar-refractivity contribution in [1.29, 1.82) is 0 Å². The Labute approximate surface area is 92.0 Å². The van der Waals surface area contributed by atoms with Gasteiger partial charge in [0.1, 0.15) is 0 Å². The third kappa shape index (κ3) is 2.71. The number of amides is 1. The molecule has 15 heavy (non-hydrogen) atoms. The first kappa shape index (κ1) is 10.9. The summed E-state index contributed by atoms with van der Waals surface area (Å²) in [6, 6.07) is 0. The molecule has 1 saturated heterocycles. The number of nitrogens with one attached hydrogen (secondary N) is 2. The highest BCUT2D eigenvalue weighted by molar-refractivity contribution is 5.79. The SMILES string of the molecule is CC1(CNC(=O)C2CCC2)CCCNC1. The minimum Gasteiger partial charge on any atom is -0.355 e. The molecular formula is C12H22N2O. The molecule has 0 bridgehead atoms. The smallest absolute Gasteiger partial charge is 0.223 e. The maximum atomic E-state index is 11.7. The minimum atomic E-state index is 0.275. The maximum Gasteiger partial charge on any atom is 0.223 e. The van der Waals surface area contributed by atoms with Crippen LogP contribution in [0.25, 0.3) is 0 Å². The number of hydrogen-bond acceptors (Lipinski definition) is 2. The fourth-order valence-electron chi connectivity index (χ4n) is 2.38. The number of piperidine rings is 1. The van der Waals surface area contributed by atoms with Crippen LogP contribution in [0.4, 0.5) is 0 Å². The number of rotatable bonds is 3. The molecule has 0 radical (unpaired) electrons. The predicted octanol–water partition coefficient (Wildman–Crippen LogP) is 1.29. The molecule has 0 aromatic carbocycles.